The third kappa shape index (κ3) is 5.20. The van der Waals surface area contributed by atoms with Crippen molar-refractivity contribution < 1.29 is 0 Å². The average Bonchev–Trinajstić information content (AvgIpc) is 3.63. The minimum Gasteiger partial charge on any atom is -0.310 e. The Morgan fingerprint density at radius 1 is 0.456 bits per heavy atom. The standard InChI is InChI=1S/C52H37N5/c1-52(2)42-27-14-15-28-44(42)56(38-22-10-5-11-23-38)45-31-30-37(33-43(45)52)40-25-16-26-41-47-39-24-13-12-17-34(39)29-32-46(47)57(48(40)41)51-54-49(35-18-6-3-7-19-35)53-50(55-51)36-20-8-4-9-21-36/h3-33H,1-2H3. The molecule has 1 aliphatic rings. The van der Waals surface area contributed by atoms with Gasteiger partial charge in [0.25, 0.3) is 0 Å². The second-order valence-electron chi connectivity index (χ2n) is 15.3. The van der Waals surface area contributed by atoms with Gasteiger partial charge in [-0.15, -0.1) is 0 Å². The summed E-state index contributed by atoms with van der Waals surface area (Å²) in [6.45, 7) is 4.70. The van der Waals surface area contributed by atoms with Gasteiger partial charge < -0.3 is 4.90 Å². The van der Waals surface area contributed by atoms with Gasteiger partial charge in [0.15, 0.2) is 11.6 Å². The highest BCUT2D eigenvalue weighted by molar-refractivity contribution is 6.23. The molecule has 0 bridgehead atoms. The maximum Gasteiger partial charge on any atom is 0.238 e. The second kappa shape index (κ2) is 12.9. The van der Waals surface area contributed by atoms with Crippen LogP contribution in [0.15, 0.2) is 188 Å². The zero-order chi connectivity index (χ0) is 38.1. The maximum atomic E-state index is 5.28. The minimum atomic E-state index is -0.257. The van der Waals surface area contributed by atoms with Crippen LogP contribution in [0.4, 0.5) is 17.1 Å². The van der Waals surface area contributed by atoms with E-state index in [9.17, 15) is 0 Å². The van der Waals surface area contributed by atoms with E-state index >= 15 is 0 Å². The number of fused-ring (bicyclic) bond motifs is 7. The van der Waals surface area contributed by atoms with E-state index in [-0.39, 0.29) is 5.41 Å². The van der Waals surface area contributed by atoms with Crippen molar-refractivity contribution in [3.8, 4) is 39.9 Å². The second-order valence-corrected chi connectivity index (χ2v) is 15.3. The van der Waals surface area contributed by atoms with Gasteiger partial charge >= 0.3 is 0 Å². The van der Waals surface area contributed by atoms with Gasteiger partial charge in [-0.25, -0.2) is 4.98 Å². The number of hydrogen-bond donors (Lipinski definition) is 0. The van der Waals surface area contributed by atoms with Crippen LogP contribution in [0.25, 0.3) is 72.4 Å². The lowest BCUT2D eigenvalue weighted by Gasteiger charge is -2.42. The highest BCUT2D eigenvalue weighted by Crippen LogP contribution is 2.53. The maximum absolute atomic E-state index is 5.28. The molecule has 5 heteroatoms. The number of para-hydroxylation sites is 3. The Hall–Kier alpha value is -7.37. The van der Waals surface area contributed by atoms with Crippen LogP contribution < -0.4 is 4.90 Å². The zero-order valence-corrected chi connectivity index (χ0v) is 31.6. The van der Waals surface area contributed by atoms with Crippen molar-refractivity contribution >= 4 is 49.6 Å². The van der Waals surface area contributed by atoms with E-state index in [4.69, 9.17) is 15.0 Å². The van der Waals surface area contributed by atoms with Crippen LogP contribution in [-0.2, 0) is 5.41 Å². The van der Waals surface area contributed by atoms with Crippen molar-refractivity contribution in [3.63, 3.8) is 0 Å². The molecule has 0 unspecified atom stereocenters. The monoisotopic (exact) mass is 731 g/mol. The lowest BCUT2D eigenvalue weighted by Crippen LogP contribution is -2.30. The average molecular weight is 732 g/mol. The molecule has 0 saturated carbocycles. The molecule has 8 aromatic carbocycles. The number of nitrogens with zero attached hydrogens (tertiary/aromatic N) is 5. The quantitative estimate of drug-likeness (QED) is 0.177. The van der Waals surface area contributed by atoms with Crippen molar-refractivity contribution in [2.45, 2.75) is 19.3 Å². The third-order valence-corrected chi connectivity index (χ3v) is 11.6. The molecule has 5 nitrogen and oxygen atoms in total. The fourth-order valence-electron chi connectivity index (χ4n) is 8.90. The summed E-state index contributed by atoms with van der Waals surface area (Å²) in [5.41, 5.74) is 12.1. The van der Waals surface area contributed by atoms with Gasteiger partial charge in [0, 0.05) is 38.6 Å². The van der Waals surface area contributed by atoms with E-state index in [1.54, 1.807) is 0 Å². The van der Waals surface area contributed by atoms with Gasteiger partial charge in [0.2, 0.25) is 5.95 Å². The number of rotatable bonds is 5. The Balaban J connectivity index is 1.22. The van der Waals surface area contributed by atoms with E-state index in [1.165, 1.54) is 38.7 Å². The Labute approximate surface area is 331 Å². The van der Waals surface area contributed by atoms with E-state index in [0.29, 0.717) is 17.6 Å². The predicted molar refractivity (Wildman–Crippen MR) is 235 cm³/mol. The molecule has 0 radical (unpaired) electrons. The molecule has 0 aliphatic carbocycles. The topological polar surface area (TPSA) is 46.8 Å². The highest BCUT2D eigenvalue weighted by Gasteiger charge is 2.37. The van der Waals surface area contributed by atoms with Gasteiger partial charge in [0.1, 0.15) is 0 Å². The molecule has 0 saturated heterocycles. The van der Waals surface area contributed by atoms with Gasteiger partial charge in [-0.1, -0.05) is 166 Å². The normalized spacial score (nSPS) is 13.2. The first kappa shape index (κ1) is 33.0. The molecule has 0 fully saturated rings. The third-order valence-electron chi connectivity index (χ3n) is 11.6. The van der Waals surface area contributed by atoms with Crippen molar-refractivity contribution in [3.05, 3.63) is 199 Å². The van der Waals surface area contributed by atoms with Crippen LogP contribution >= 0.6 is 0 Å². The van der Waals surface area contributed by atoms with Gasteiger partial charge in [-0.3, -0.25) is 4.57 Å². The summed E-state index contributed by atoms with van der Waals surface area (Å²) in [5.74, 6) is 1.83. The first-order valence-electron chi connectivity index (χ1n) is 19.5. The number of anilines is 3. The zero-order valence-electron chi connectivity index (χ0n) is 31.6. The first-order valence-corrected chi connectivity index (χ1v) is 19.5. The van der Waals surface area contributed by atoms with Crippen LogP contribution in [-0.4, -0.2) is 19.5 Å². The Morgan fingerprint density at radius 3 is 1.81 bits per heavy atom. The SMILES string of the molecule is CC1(C)c2ccccc2N(c2ccccc2)c2ccc(-c3cccc4c5c6ccccc6ccc5n(-c5nc(-c6ccccc6)nc(-c6ccccc6)n5)c34)cc21. The lowest BCUT2D eigenvalue weighted by atomic mass is 9.73. The van der Waals surface area contributed by atoms with Crippen LogP contribution in [0.5, 0.6) is 0 Å². The summed E-state index contributed by atoms with van der Waals surface area (Å²) in [6, 6.07) is 66.7. The summed E-state index contributed by atoms with van der Waals surface area (Å²) >= 11 is 0. The van der Waals surface area contributed by atoms with Crippen LogP contribution in [0, 0.1) is 0 Å². The molecule has 1 aliphatic heterocycles. The number of benzene rings is 8. The molecule has 0 atom stereocenters. The molecule has 0 spiro atoms. The smallest absolute Gasteiger partial charge is 0.238 e. The summed E-state index contributed by atoms with van der Waals surface area (Å²) in [4.78, 5) is 18.0. The van der Waals surface area contributed by atoms with Crippen molar-refractivity contribution in [1.29, 1.82) is 0 Å². The Bertz CT molecular complexity index is 3090. The highest BCUT2D eigenvalue weighted by atomic mass is 15.2. The van der Waals surface area contributed by atoms with Gasteiger partial charge in [-0.05, 0) is 63.9 Å². The van der Waals surface area contributed by atoms with E-state index in [0.717, 1.165) is 44.4 Å². The Morgan fingerprint density at radius 2 is 1.07 bits per heavy atom. The molecule has 57 heavy (non-hydrogen) atoms. The van der Waals surface area contributed by atoms with Crippen LogP contribution in [0.2, 0.25) is 0 Å². The molecular formula is C52H37N5. The fraction of sp³-hybridized carbons (Fsp3) is 0.0577. The van der Waals surface area contributed by atoms with Crippen LogP contribution in [0.1, 0.15) is 25.0 Å². The fourth-order valence-corrected chi connectivity index (χ4v) is 8.90. The van der Waals surface area contributed by atoms with Crippen LogP contribution in [0.3, 0.4) is 0 Å². The summed E-state index contributed by atoms with van der Waals surface area (Å²) in [7, 11) is 0. The Kier molecular flexibility index (Phi) is 7.45. The molecule has 270 valence electrons. The first-order chi connectivity index (χ1) is 28.0. The number of aromatic nitrogens is 4. The predicted octanol–water partition coefficient (Wildman–Crippen LogP) is 13.2. The molecule has 2 aromatic heterocycles. The van der Waals surface area contributed by atoms with E-state index in [1.807, 2.05) is 36.4 Å². The minimum absolute atomic E-state index is 0.257. The summed E-state index contributed by atoms with van der Waals surface area (Å²) < 4.78 is 2.27. The molecule has 0 amide bonds. The van der Waals surface area contributed by atoms with E-state index in [2.05, 4.69) is 175 Å². The van der Waals surface area contributed by atoms with E-state index < -0.39 is 0 Å². The molecule has 3 heterocycles. The van der Waals surface area contributed by atoms with Crippen molar-refractivity contribution in [1.82, 2.24) is 19.5 Å². The molecule has 11 rings (SSSR count). The van der Waals surface area contributed by atoms with Gasteiger partial charge in [-0.2, -0.15) is 9.97 Å². The van der Waals surface area contributed by atoms with Crippen molar-refractivity contribution in [2.75, 3.05) is 4.90 Å². The summed E-state index contributed by atoms with van der Waals surface area (Å²) in [6.07, 6.45) is 0. The van der Waals surface area contributed by atoms with Crippen molar-refractivity contribution in [2.24, 2.45) is 0 Å². The molecule has 0 N–H and O–H groups in total. The lowest BCUT2D eigenvalue weighted by molar-refractivity contribution is 0.632. The van der Waals surface area contributed by atoms with Gasteiger partial charge in [0.05, 0.1) is 22.4 Å². The largest absolute Gasteiger partial charge is 0.310 e. The summed E-state index contributed by atoms with van der Waals surface area (Å²) in [5, 5.41) is 4.71. The molecule has 10 aromatic rings. The number of hydrogen-bond acceptors (Lipinski definition) is 4. The molecular weight excluding hydrogens is 695 g/mol.